The average molecular weight is 560 g/mol. The molecule has 218 valence electrons. The molecule has 9 nitrogen and oxygen atoms in total. The van der Waals surface area contributed by atoms with Crippen molar-refractivity contribution < 1.29 is 38.8 Å². The van der Waals surface area contributed by atoms with Gasteiger partial charge in [-0.2, -0.15) is 0 Å². The average Bonchev–Trinajstić information content (AvgIpc) is 2.74. The van der Waals surface area contributed by atoms with Gasteiger partial charge in [-0.3, -0.25) is 14.4 Å². The van der Waals surface area contributed by atoms with Crippen LogP contribution in [-0.4, -0.2) is 75.1 Å². The summed E-state index contributed by atoms with van der Waals surface area (Å²) in [6.07, 6.45) is -1.36. The zero-order valence-corrected chi connectivity index (χ0v) is 25.0. The Hall–Kier alpha value is -1.52. The van der Waals surface area contributed by atoms with E-state index in [1.165, 1.54) is 19.9 Å². The van der Waals surface area contributed by atoms with Gasteiger partial charge in [-0.05, 0) is 52.9 Å². The minimum Gasteiger partial charge on any atom is -0.461 e. The highest BCUT2D eigenvalue weighted by Gasteiger charge is 2.82. The molecule has 0 aromatic heterocycles. The molecule has 0 amide bonds. The summed E-state index contributed by atoms with van der Waals surface area (Å²) >= 11 is 0. The van der Waals surface area contributed by atoms with Crippen LogP contribution in [0.1, 0.15) is 81.6 Å². The number of aliphatic hydroxyl groups is 2. The van der Waals surface area contributed by atoms with Crippen LogP contribution in [0.3, 0.4) is 0 Å². The second-order valence-electron chi connectivity index (χ2n) is 13.4. The van der Waals surface area contributed by atoms with Crippen LogP contribution in [0, 0.1) is 16.7 Å². The van der Waals surface area contributed by atoms with E-state index in [9.17, 15) is 24.6 Å². The molecule has 3 rings (SSSR count). The number of ketones is 1. The maximum Gasteiger partial charge on any atom is 0.320 e. The minimum atomic E-state index is -2.26. The van der Waals surface area contributed by atoms with Crippen LogP contribution < -0.4 is 5.32 Å². The second-order valence-corrected chi connectivity index (χ2v) is 13.4. The summed E-state index contributed by atoms with van der Waals surface area (Å²) in [6, 6.07) is 0. The molecule has 2 aliphatic carbocycles. The Bertz CT molecular complexity index is 978. The van der Waals surface area contributed by atoms with E-state index in [0.717, 1.165) is 0 Å². The highest BCUT2D eigenvalue weighted by molar-refractivity contribution is 5.92. The summed E-state index contributed by atoms with van der Waals surface area (Å²) in [6.45, 7) is 19.5. The third kappa shape index (κ3) is 4.94. The van der Waals surface area contributed by atoms with E-state index in [0.29, 0.717) is 12.8 Å². The van der Waals surface area contributed by atoms with Crippen LogP contribution in [0.4, 0.5) is 0 Å². The second kappa shape index (κ2) is 10.1. The van der Waals surface area contributed by atoms with Gasteiger partial charge >= 0.3 is 11.9 Å². The van der Waals surface area contributed by atoms with Crippen LogP contribution in [0.25, 0.3) is 0 Å². The van der Waals surface area contributed by atoms with Gasteiger partial charge in [0.1, 0.15) is 11.7 Å². The van der Waals surface area contributed by atoms with Crippen molar-refractivity contribution in [2.75, 3.05) is 6.54 Å². The van der Waals surface area contributed by atoms with Gasteiger partial charge in [0.15, 0.2) is 17.5 Å². The lowest BCUT2D eigenvalue weighted by molar-refractivity contribution is -0.370. The molecule has 0 aromatic rings. The van der Waals surface area contributed by atoms with Gasteiger partial charge in [0, 0.05) is 30.2 Å². The number of halogens is 1. The number of rotatable bonds is 5. The molecule has 1 aliphatic heterocycles. The molecule has 38 heavy (non-hydrogen) atoms. The normalized spacial score (nSPS) is 42.1. The Labute approximate surface area is 232 Å². The van der Waals surface area contributed by atoms with E-state index >= 15 is 0 Å². The Morgan fingerprint density at radius 1 is 1.18 bits per heavy atom. The van der Waals surface area contributed by atoms with E-state index in [2.05, 4.69) is 11.9 Å². The van der Waals surface area contributed by atoms with E-state index in [4.69, 9.17) is 14.2 Å². The monoisotopic (exact) mass is 559 g/mol. The molecule has 0 aromatic carbocycles. The van der Waals surface area contributed by atoms with Gasteiger partial charge in [0.2, 0.25) is 0 Å². The number of hydrogen-bond acceptors (Lipinski definition) is 9. The number of carbonyl (C=O) groups excluding carboxylic acids is 3. The lowest BCUT2D eigenvalue weighted by Gasteiger charge is -2.71. The number of hydrogen-bond donors (Lipinski definition) is 3. The number of esters is 2. The van der Waals surface area contributed by atoms with Gasteiger partial charge in [-0.1, -0.05) is 26.8 Å². The Morgan fingerprint density at radius 2 is 1.76 bits per heavy atom. The number of carbonyl (C=O) groups is 3. The van der Waals surface area contributed by atoms with Crippen LogP contribution in [0.2, 0.25) is 0 Å². The third-order valence-electron chi connectivity index (χ3n) is 9.02. The minimum absolute atomic E-state index is 0. The quantitative estimate of drug-likeness (QED) is 0.343. The number of Topliss-reactive ketones (excluding diaryl/α,β-unsaturated/α-hetero) is 1. The molecule has 3 N–H and O–H groups in total. The first-order valence-electron chi connectivity index (χ1n) is 13.1. The van der Waals surface area contributed by atoms with Gasteiger partial charge in [-0.15, -0.1) is 19.0 Å². The van der Waals surface area contributed by atoms with Crippen molar-refractivity contribution in [3.63, 3.8) is 0 Å². The van der Waals surface area contributed by atoms with Crippen molar-refractivity contribution in [2.45, 2.75) is 122 Å². The Balaban J connectivity index is 0.00000507. The molecule has 1 heterocycles. The summed E-state index contributed by atoms with van der Waals surface area (Å²) in [4.78, 5) is 39.3. The number of nitrogens with one attached hydrogen (secondary N) is 1. The van der Waals surface area contributed by atoms with E-state index < -0.39 is 69.6 Å². The highest BCUT2D eigenvalue weighted by atomic mass is 35.5. The molecular weight excluding hydrogens is 514 g/mol. The van der Waals surface area contributed by atoms with Crippen LogP contribution >= 0.6 is 12.4 Å². The molecule has 3 fully saturated rings. The van der Waals surface area contributed by atoms with E-state index in [-0.39, 0.29) is 30.9 Å². The molecule has 0 radical (unpaired) electrons. The molecule has 2 saturated carbocycles. The fraction of sp³-hybridized carbons (Fsp3) is 0.821. The van der Waals surface area contributed by atoms with E-state index in [1.807, 2.05) is 34.6 Å². The van der Waals surface area contributed by atoms with Crippen LogP contribution in [0.15, 0.2) is 12.7 Å². The summed E-state index contributed by atoms with van der Waals surface area (Å²) in [5, 5.41) is 27.6. The molecule has 10 heteroatoms. The third-order valence-corrected chi connectivity index (χ3v) is 9.02. The summed E-state index contributed by atoms with van der Waals surface area (Å²) in [7, 11) is 0. The maximum absolute atomic E-state index is 14.1. The molecule has 1 saturated heterocycles. The smallest absolute Gasteiger partial charge is 0.320 e. The first-order chi connectivity index (χ1) is 16.7. The summed E-state index contributed by atoms with van der Waals surface area (Å²) < 4.78 is 18.0. The lowest BCUT2D eigenvalue weighted by atomic mass is 9.39. The first kappa shape index (κ1) is 32.7. The summed E-state index contributed by atoms with van der Waals surface area (Å²) in [5.74, 6) is -2.51. The lowest BCUT2D eigenvalue weighted by Crippen LogP contribution is -2.87. The van der Waals surface area contributed by atoms with Crippen molar-refractivity contribution in [1.82, 2.24) is 5.32 Å². The number of fused-ring (bicyclic) bond motifs is 3. The molecule has 3 aliphatic rings. The SMILES string of the molecule is C=C[C@@]1(C)CC(=O)[C@]2(O)[C@@]3(C)[C@@H](OC(=O)CNC(C)(C)C)CCC(C)(C)[C@@H]3[C@H](O)[C@H](OC(C)=O)[C@@]2(C)O1.Cl. The fourth-order valence-electron chi connectivity index (χ4n) is 7.36. The largest absolute Gasteiger partial charge is 0.461 e. The van der Waals surface area contributed by atoms with Crippen LogP contribution in [-0.2, 0) is 28.6 Å². The van der Waals surface area contributed by atoms with Gasteiger partial charge in [-0.25, -0.2) is 0 Å². The van der Waals surface area contributed by atoms with Crippen molar-refractivity contribution >= 4 is 30.1 Å². The highest BCUT2D eigenvalue weighted by Crippen LogP contribution is 2.67. The molecule has 8 atom stereocenters. The van der Waals surface area contributed by atoms with Crippen molar-refractivity contribution in [1.29, 1.82) is 0 Å². The fourth-order valence-corrected chi connectivity index (χ4v) is 7.36. The number of aliphatic hydroxyl groups excluding tert-OH is 1. The first-order valence-corrected chi connectivity index (χ1v) is 13.1. The number of ether oxygens (including phenoxy) is 3. The zero-order chi connectivity index (χ0) is 28.4. The van der Waals surface area contributed by atoms with Gasteiger partial charge < -0.3 is 29.7 Å². The molecule has 0 bridgehead atoms. The van der Waals surface area contributed by atoms with Crippen LogP contribution in [0.5, 0.6) is 0 Å². The zero-order valence-electron chi connectivity index (χ0n) is 24.2. The predicted molar refractivity (Wildman–Crippen MR) is 144 cm³/mol. The molecule has 0 spiro atoms. The summed E-state index contributed by atoms with van der Waals surface area (Å²) in [5.41, 5.74) is -7.67. The Morgan fingerprint density at radius 3 is 2.26 bits per heavy atom. The molecule has 0 unspecified atom stereocenters. The van der Waals surface area contributed by atoms with Crippen molar-refractivity contribution in [3.05, 3.63) is 12.7 Å². The predicted octanol–water partition coefficient (Wildman–Crippen LogP) is 2.88. The maximum atomic E-state index is 14.1. The van der Waals surface area contributed by atoms with Crippen molar-refractivity contribution in [3.8, 4) is 0 Å². The Kier molecular flexibility index (Phi) is 8.73. The van der Waals surface area contributed by atoms with Gasteiger partial charge in [0.05, 0.1) is 18.2 Å². The topological polar surface area (TPSA) is 131 Å². The standard InChI is InChI=1S/C28H45NO8.ClH/c1-11-25(8)14-17(31)28(34)26(9)18(36-19(32)15-29-23(3,4)5)12-13-24(6,7)21(26)20(33)22(35-16(2)30)27(28,10)37-25;/h11,18,20-22,29,33-34H,1,12-15H2,2-10H3;1H/t18-,20-,21-,22-,25-,26-,27+,28-;/m0./s1. The van der Waals surface area contributed by atoms with E-state index in [1.54, 1.807) is 13.8 Å². The molecular formula is C28H46ClNO8. The van der Waals surface area contributed by atoms with Gasteiger partial charge in [0.25, 0.3) is 0 Å². The van der Waals surface area contributed by atoms with Crippen molar-refractivity contribution in [2.24, 2.45) is 16.7 Å².